The molecule has 0 aliphatic rings. The summed E-state index contributed by atoms with van der Waals surface area (Å²) < 4.78 is 0. The second-order valence-electron chi connectivity index (χ2n) is 4.60. The van der Waals surface area contributed by atoms with Gasteiger partial charge in [-0.3, -0.25) is 4.79 Å². The van der Waals surface area contributed by atoms with E-state index in [4.69, 9.17) is 5.73 Å². The standard InChI is InChI=1S/C14H22N2O/c1-4-5-16-13(9-14(15)17)12-7-10(2)6-11(3)8-12/h6-8,13,16H,4-5,9H2,1-3H3,(H2,15,17). The smallest absolute Gasteiger partial charge is 0.219 e. The molecule has 1 atom stereocenters. The fourth-order valence-electron chi connectivity index (χ4n) is 2.04. The minimum Gasteiger partial charge on any atom is -0.370 e. The van der Waals surface area contributed by atoms with Gasteiger partial charge in [0.2, 0.25) is 5.91 Å². The number of benzene rings is 1. The lowest BCUT2D eigenvalue weighted by atomic mass is 9.99. The number of carbonyl (C=O) groups is 1. The van der Waals surface area contributed by atoms with Crippen LogP contribution in [0.4, 0.5) is 0 Å². The lowest BCUT2D eigenvalue weighted by molar-refractivity contribution is -0.118. The number of nitrogens with one attached hydrogen (secondary N) is 1. The van der Waals surface area contributed by atoms with Gasteiger partial charge in [0.15, 0.2) is 0 Å². The van der Waals surface area contributed by atoms with Crippen molar-refractivity contribution in [3.8, 4) is 0 Å². The minimum absolute atomic E-state index is 0.0334. The first kappa shape index (κ1) is 13.7. The average Bonchev–Trinajstić information content (AvgIpc) is 2.22. The number of carbonyl (C=O) groups excluding carboxylic acids is 1. The van der Waals surface area contributed by atoms with Gasteiger partial charge in [-0.1, -0.05) is 36.2 Å². The molecule has 1 aromatic carbocycles. The summed E-state index contributed by atoms with van der Waals surface area (Å²) in [7, 11) is 0. The van der Waals surface area contributed by atoms with Crippen LogP contribution in [0.15, 0.2) is 18.2 Å². The summed E-state index contributed by atoms with van der Waals surface area (Å²) in [5.41, 5.74) is 8.88. The van der Waals surface area contributed by atoms with E-state index in [9.17, 15) is 4.79 Å². The second kappa shape index (κ2) is 6.40. The van der Waals surface area contributed by atoms with Gasteiger partial charge in [-0.05, 0) is 32.4 Å². The van der Waals surface area contributed by atoms with Crippen molar-refractivity contribution in [2.24, 2.45) is 5.73 Å². The zero-order chi connectivity index (χ0) is 12.8. The summed E-state index contributed by atoms with van der Waals surface area (Å²) >= 11 is 0. The Hall–Kier alpha value is -1.35. The van der Waals surface area contributed by atoms with Crippen LogP contribution < -0.4 is 11.1 Å². The molecule has 3 N–H and O–H groups in total. The Morgan fingerprint density at radius 3 is 2.35 bits per heavy atom. The normalized spacial score (nSPS) is 12.4. The van der Waals surface area contributed by atoms with Crippen LogP contribution in [0.25, 0.3) is 0 Å². The van der Waals surface area contributed by atoms with Gasteiger partial charge in [-0.15, -0.1) is 0 Å². The number of hydrogen-bond acceptors (Lipinski definition) is 2. The van der Waals surface area contributed by atoms with Gasteiger partial charge in [-0.2, -0.15) is 0 Å². The maximum Gasteiger partial charge on any atom is 0.219 e. The Morgan fingerprint density at radius 2 is 1.88 bits per heavy atom. The molecule has 3 heteroatoms. The zero-order valence-corrected chi connectivity index (χ0v) is 10.9. The molecule has 3 nitrogen and oxygen atoms in total. The maximum absolute atomic E-state index is 11.1. The molecular weight excluding hydrogens is 212 g/mol. The highest BCUT2D eigenvalue weighted by Crippen LogP contribution is 2.19. The number of primary amides is 1. The topological polar surface area (TPSA) is 55.1 Å². The largest absolute Gasteiger partial charge is 0.370 e. The molecule has 0 bridgehead atoms. The van der Waals surface area contributed by atoms with Crippen LogP contribution in [0.1, 0.15) is 42.5 Å². The van der Waals surface area contributed by atoms with Crippen LogP contribution in [0.2, 0.25) is 0 Å². The molecule has 0 radical (unpaired) electrons. The van der Waals surface area contributed by atoms with Crippen molar-refractivity contribution in [1.82, 2.24) is 5.32 Å². The van der Waals surface area contributed by atoms with E-state index >= 15 is 0 Å². The molecule has 0 saturated carbocycles. The molecule has 0 aromatic heterocycles. The van der Waals surface area contributed by atoms with Crippen molar-refractivity contribution in [3.05, 3.63) is 34.9 Å². The predicted molar refractivity (Wildman–Crippen MR) is 70.8 cm³/mol. The van der Waals surface area contributed by atoms with Crippen molar-refractivity contribution in [2.75, 3.05) is 6.54 Å². The van der Waals surface area contributed by atoms with Gasteiger partial charge in [0.1, 0.15) is 0 Å². The number of rotatable bonds is 6. The van der Waals surface area contributed by atoms with Gasteiger partial charge in [0, 0.05) is 12.5 Å². The highest BCUT2D eigenvalue weighted by Gasteiger charge is 2.13. The molecule has 17 heavy (non-hydrogen) atoms. The van der Waals surface area contributed by atoms with Crippen molar-refractivity contribution in [1.29, 1.82) is 0 Å². The summed E-state index contributed by atoms with van der Waals surface area (Å²) in [6.07, 6.45) is 1.39. The maximum atomic E-state index is 11.1. The quantitative estimate of drug-likeness (QED) is 0.793. The van der Waals surface area contributed by atoms with E-state index in [0.717, 1.165) is 18.5 Å². The summed E-state index contributed by atoms with van der Waals surface area (Å²) in [4.78, 5) is 11.1. The third-order valence-electron chi connectivity index (χ3n) is 2.69. The minimum atomic E-state index is -0.266. The summed E-state index contributed by atoms with van der Waals surface area (Å²) in [6, 6.07) is 6.39. The summed E-state index contributed by atoms with van der Waals surface area (Å²) in [5, 5.41) is 3.37. The molecular formula is C14H22N2O. The van der Waals surface area contributed by atoms with Gasteiger partial charge in [-0.25, -0.2) is 0 Å². The van der Waals surface area contributed by atoms with E-state index in [1.807, 2.05) is 0 Å². The van der Waals surface area contributed by atoms with Crippen molar-refractivity contribution in [2.45, 2.75) is 39.7 Å². The van der Waals surface area contributed by atoms with E-state index in [0.29, 0.717) is 6.42 Å². The third-order valence-corrected chi connectivity index (χ3v) is 2.69. The molecule has 1 unspecified atom stereocenters. The number of hydrogen-bond donors (Lipinski definition) is 2. The molecule has 0 saturated heterocycles. The second-order valence-corrected chi connectivity index (χ2v) is 4.60. The highest BCUT2D eigenvalue weighted by atomic mass is 16.1. The first-order valence-corrected chi connectivity index (χ1v) is 6.12. The van der Waals surface area contributed by atoms with Gasteiger partial charge < -0.3 is 11.1 Å². The van der Waals surface area contributed by atoms with Crippen LogP contribution in [-0.4, -0.2) is 12.5 Å². The Balaban J connectivity index is 2.90. The summed E-state index contributed by atoms with van der Waals surface area (Å²) in [6.45, 7) is 7.13. The monoisotopic (exact) mass is 234 g/mol. The molecule has 94 valence electrons. The SMILES string of the molecule is CCCNC(CC(N)=O)c1cc(C)cc(C)c1. The molecule has 0 heterocycles. The first-order chi connectivity index (χ1) is 8.02. The Bertz CT molecular complexity index is 368. The molecule has 0 fully saturated rings. The molecule has 1 rings (SSSR count). The van der Waals surface area contributed by atoms with Crippen LogP contribution in [-0.2, 0) is 4.79 Å². The molecule has 0 spiro atoms. The first-order valence-electron chi connectivity index (χ1n) is 6.12. The summed E-state index contributed by atoms with van der Waals surface area (Å²) in [5.74, 6) is -0.266. The van der Waals surface area contributed by atoms with E-state index in [1.165, 1.54) is 11.1 Å². The van der Waals surface area contributed by atoms with Crippen molar-refractivity contribution in [3.63, 3.8) is 0 Å². The van der Waals surface area contributed by atoms with Crippen molar-refractivity contribution >= 4 is 5.91 Å². The number of aryl methyl sites for hydroxylation is 2. The molecule has 0 aliphatic heterocycles. The Morgan fingerprint density at radius 1 is 1.29 bits per heavy atom. The molecule has 1 amide bonds. The fourth-order valence-corrected chi connectivity index (χ4v) is 2.04. The van der Waals surface area contributed by atoms with Crippen LogP contribution in [0.5, 0.6) is 0 Å². The molecule has 1 aromatic rings. The average molecular weight is 234 g/mol. The lowest BCUT2D eigenvalue weighted by Gasteiger charge is -2.18. The molecule has 0 aliphatic carbocycles. The predicted octanol–water partition coefficient (Wildman–Crippen LogP) is 2.22. The number of nitrogens with two attached hydrogens (primary N) is 1. The van der Waals surface area contributed by atoms with Crippen LogP contribution in [0, 0.1) is 13.8 Å². The van der Waals surface area contributed by atoms with Crippen LogP contribution in [0.3, 0.4) is 0 Å². The van der Waals surface area contributed by atoms with Gasteiger partial charge >= 0.3 is 0 Å². The van der Waals surface area contributed by atoms with Gasteiger partial charge in [0.05, 0.1) is 0 Å². The Kier molecular flexibility index (Phi) is 5.16. The van der Waals surface area contributed by atoms with Gasteiger partial charge in [0.25, 0.3) is 0 Å². The Labute approximate surface area is 103 Å². The van der Waals surface area contributed by atoms with Crippen molar-refractivity contribution < 1.29 is 4.79 Å². The lowest BCUT2D eigenvalue weighted by Crippen LogP contribution is -2.27. The van der Waals surface area contributed by atoms with E-state index in [1.54, 1.807) is 0 Å². The fraction of sp³-hybridized carbons (Fsp3) is 0.500. The van der Waals surface area contributed by atoms with E-state index < -0.39 is 0 Å². The zero-order valence-electron chi connectivity index (χ0n) is 10.9. The van der Waals surface area contributed by atoms with Crippen LogP contribution >= 0.6 is 0 Å². The number of amides is 1. The highest BCUT2D eigenvalue weighted by molar-refractivity contribution is 5.74. The van der Waals surface area contributed by atoms with E-state index in [-0.39, 0.29) is 11.9 Å². The van der Waals surface area contributed by atoms with E-state index in [2.05, 4.69) is 44.3 Å². The third kappa shape index (κ3) is 4.57.